The monoisotopic (exact) mass is 388 g/mol. The maximum absolute atomic E-state index is 13.3. The lowest BCUT2D eigenvalue weighted by Gasteiger charge is -2.18. The zero-order chi connectivity index (χ0) is 20.3. The Labute approximate surface area is 162 Å². The van der Waals surface area contributed by atoms with E-state index in [0.717, 1.165) is 37.3 Å². The molecule has 0 saturated carbocycles. The van der Waals surface area contributed by atoms with Crippen LogP contribution in [-0.2, 0) is 20.1 Å². The molecule has 0 amide bonds. The van der Waals surface area contributed by atoms with Gasteiger partial charge in [-0.15, -0.1) is 0 Å². The third-order valence-corrected chi connectivity index (χ3v) is 4.96. The molecule has 3 aromatic rings. The van der Waals surface area contributed by atoms with Crippen molar-refractivity contribution >= 4 is 11.2 Å². The van der Waals surface area contributed by atoms with E-state index in [-0.39, 0.29) is 5.82 Å². The first-order valence-corrected chi connectivity index (χ1v) is 9.71. The number of nitrogens with zero attached hydrogens (tertiary/aromatic N) is 3. The highest BCUT2D eigenvalue weighted by atomic mass is 19.1. The molecule has 2 aromatic heterocycles. The first-order valence-electron chi connectivity index (χ1n) is 9.71. The Balaban J connectivity index is 2.13. The summed E-state index contributed by atoms with van der Waals surface area (Å²) in [6.07, 6.45) is 2.10. The molecule has 3 rings (SSSR count). The summed E-state index contributed by atoms with van der Waals surface area (Å²) in [6.45, 7) is 7.34. The molecule has 8 heteroatoms. The van der Waals surface area contributed by atoms with Crippen LogP contribution in [0.3, 0.4) is 0 Å². The smallest absolute Gasteiger partial charge is 0.329 e. The molecule has 0 aliphatic rings. The number of halogens is 1. The van der Waals surface area contributed by atoms with Gasteiger partial charge < -0.3 is 9.47 Å². The largest absolute Gasteiger partial charge is 0.329 e. The minimum absolute atomic E-state index is 0.304. The van der Waals surface area contributed by atoms with E-state index in [9.17, 15) is 14.0 Å². The summed E-state index contributed by atoms with van der Waals surface area (Å²) in [5, 5.41) is 0. The number of aryl methyl sites for hydroxylation is 1. The van der Waals surface area contributed by atoms with Gasteiger partial charge in [0.25, 0.3) is 5.56 Å². The van der Waals surface area contributed by atoms with Gasteiger partial charge in [0.15, 0.2) is 17.0 Å². The standard InChI is InChI=1S/C20H26FN5O2/c1-4-10-25(11-5-2)13-16-22-18-17(19(27)23-20(28)24(18)3)26(16)12-14-6-8-15(21)9-7-14/h6-9H,4-5,10-13H2,1-3H3,(H,23,27,28)/p+1. The number of H-pyrrole nitrogens is 1. The average molecular weight is 388 g/mol. The molecule has 7 nitrogen and oxygen atoms in total. The highest BCUT2D eigenvalue weighted by Gasteiger charge is 2.20. The predicted molar refractivity (Wildman–Crippen MR) is 106 cm³/mol. The Morgan fingerprint density at radius 2 is 1.75 bits per heavy atom. The third-order valence-electron chi connectivity index (χ3n) is 4.96. The molecule has 0 saturated heterocycles. The number of aromatic nitrogens is 4. The molecule has 0 unspecified atom stereocenters. The Morgan fingerprint density at radius 1 is 1.11 bits per heavy atom. The van der Waals surface area contributed by atoms with Crippen molar-refractivity contribution in [2.75, 3.05) is 13.1 Å². The quantitative estimate of drug-likeness (QED) is 0.600. The van der Waals surface area contributed by atoms with E-state index in [4.69, 9.17) is 0 Å². The maximum Gasteiger partial charge on any atom is 0.329 e. The predicted octanol–water partition coefficient (Wildman–Crippen LogP) is 0.816. The van der Waals surface area contributed by atoms with Crippen LogP contribution in [0.15, 0.2) is 33.9 Å². The van der Waals surface area contributed by atoms with Gasteiger partial charge in [-0.3, -0.25) is 14.3 Å². The maximum atomic E-state index is 13.3. The van der Waals surface area contributed by atoms with Crippen LogP contribution in [0.2, 0.25) is 0 Å². The van der Waals surface area contributed by atoms with Crippen LogP contribution >= 0.6 is 0 Å². The molecule has 0 fully saturated rings. The zero-order valence-electron chi connectivity index (χ0n) is 16.6. The lowest BCUT2D eigenvalue weighted by atomic mass is 10.2. The van der Waals surface area contributed by atoms with Crippen molar-refractivity contribution in [3.8, 4) is 0 Å². The Bertz CT molecular complexity index is 1060. The molecule has 0 atom stereocenters. The number of quaternary nitrogens is 1. The van der Waals surface area contributed by atoms with Crippen molar-refractivity contribution in [1.29, 1.82) is 0 Å². The van der Waals surface area contributed by atoms with Crippen molar-refractivity contribution < 1.29 is 9.29 Å². The number of rotatable bonds is 8. The summed E-state index contributed by atoms with van der Waals surface area (Å²) in [7, 11) is 1.60. The van der Waals surface area contributed by atoms with Gasteiger partial charge in [0.05, 0.1) is 13.1 Å². The highest BCUT2D eigenvalue weighted by Crippen LogP contribution is 2.14. The summed E-state index contributed by atoms with van der Waals surface area (Å²) in [5.74, 6) is 0.448. The Kier molecular flexibility index (Phi) is 6.08. The van der Waals surface area contributed by atoms with Crippen LogP contribution in [0, 0.1) is 5.82 Å². The highest BCUT2D eigenvalue weighted by molar-refractivity contribution is 5.71. The van der Waals surface area contributed by atoms with E-state index < -0.39 is 11.2 Å². The van der Waals surface area contributed by atoms with Gasteiger partial charge in [-0.05, 0) is 30.5 Å². The van der Waals surface area contributed by atoms with E-state index in [1.165, 1.54) is 21.6 Å². The Morgan fingerprint density at radius 3 is 2.36 bits per heavy atom. The molecule has 0 bridgehead atoms. The van der Waals surface area contributed by atoms with Crippen LogP contribution in [0.5, 0.6) is 0 Å². The fourth-order valence-corrected chi connectivity index (χ4v) is 3.59. The summed E-state index contributed by atoms with van der Waals surface area (Å²) in [5.41, 5.74) is 0.669. The number of nitrogens with one attached hydrogen (secondary N) is 2. The first kappa shape index (κ1) is 20.0. The third kappa shape index (κ3) is 4.06. The summed E-state index contributed by atoms with van der Waals surface area (Å²) in [4.78, 5) is 33.0. The topological polar surface area (TPSA) is 77.1 Å². The normalized spacial score (nSPS) is 11.6. The van der Waals surface area contributed by atoms with Crippen LogP contribution < -0.4 is 16.1 Å². The summed E-state index contributed by atoms with van der Waals surface area (Å²) < 4.78 is 16.5. The second-order valence-corrected chi connectivity index (χ2v) is 7.16. The second kappa shape index (κ2) is 8.52. The van der Waals surface area contributed by atoms with Gasteiger partial charge >= 0.3 is 5.69 Å². The molecule has 0 aliphatic carbocycles. The van der Waals surface area contributed by atoms with Crippen molar-refractivity contribution in [1.82, 2.24) is 19.1 Å². The number of hydrogen-bond acceptors (Lipinski definition) is 3. The van der Waals surface area contributed by atoms with Crippen LogP contribution in [-0.4, -0.2) is 32.2 Å². The molecule has 150 valence electrons. The summed E-state index contributed by atoms with van der Waals surface area (Å²) >= 11 is 0. The number of aromatic amines is 1. The average Bonchev–Trinajstić information content (AvgIpc) is 3.01. The van der Waals surface area contributed by atoms with E-state index in [0.29, 0.717) is 24.3 Å². The number of imidazole rings is 1. The molecule has 28 heavy (non-hydrogen) atoms. The van der Waals surface area contributed by atoms with Crippen molar-refractivity contribution in [3.63, 3.8) is 0 Å². The van der Waals surface area contributed by atoms with E-state index in [2.05, 4.69) is 23.8 Å². The van der Waals surface area contributed by atoms with Gasteiger partial charge in [-0.2, -0.15) is 0 Å². The van der Waals surface area contributed by atoms with Crippen LogP contribution in [0.1, 0.15) is 38.1 Å². The van der Waals surface area contributed by atoms with Crippen molar-refractivity contribution in [2.45, 2.75) is 39.8 Å². The zero-order valence-corrected chi connectivity index (χ0v) is 16.6. The first-order chi connectivity index (χ1) is 13.4. The molecule has 0 radical (unpaired) electrons. The SMILES string of the molecule is CCC[NH+](CCC)Cc1nc2c(c(=O)[nH]c(=O)n2C)n1Cc1ccc(F)cc1. The number of benzene rings is 1. The van der Waals surface area contributed by atoms with E-state index >= 15 is 0 Å². The van der Waals surface area contributed by atoms with E-state index in [1.807, 2.05) is 4.57 Å². The summed E-state index contributed by atoms with van der Waals surface area (Å²) in [6, 6.07) is 6.20. The fourth-order valence-electron chi connectivity index (χ4n) is 3.59. The number of hydrogen-bond donors (Lipinski definition) is 2. The second-order valence-electron chi connectivity index (χ2n) is 7.16. The van der Waals surface area contributed by atoms with Crippen molar-refractivity contribution in [2.24, 2.45) is 7.05 Å². The van der Waals surface area contributed by atoms with Gasteiger partial charge in [0, 0.05) is 13.6 Å². The molecule has 2 N–H and O–H groups in total. The van der Waals surface area contributed by atoms with Gasteiger partial charge in [-0.25, -0.2) is 14.2 Å². The minimum Gasteiger partial charge on any atom is -0.329 e. The Hall–Kier alpha value is -2.74. The molecule has 0 spiro atoms. The lowest BCUT2D eigenvalue weighted by Crippen LogP contribution is -3.10. The van der Waals surface area contributed by atoms with Crippen LogP contribution in [0.4, 0.5) is 4.39 Å². The molecular weight excluding hydrogens is 361 g/mol. The van der Waals surface area contributed by atoms with E-state index in [1.54, 1.807) is 19.2 Å². The molecule has 2 heterocycles. The molecule has 1 aromatic carbocycles. The lowest BCUT2D eigenvalue weighted by molar-refractivity contribution is -0.914. The van der Waals surface area contributed by atoms with Crippen LogP contribution in [0.25, 0.3) is 11.2 Å². The van der Waals surface area contributed by atoms with Crippen molar-refractivity contribution in [3.05, 3.63) is 62.3 Å². The van der Waals surface area contributed by atoms with Gasteiger partial charge in [0.1, 0.15) is 12.4 Å². The van der Waals surface area contributed by atoms with Gasteiger partial charge in [0.2, 0.25) is 0 Å². The van der Waals surface area contributed by atoms with Gasteiger partial charge in [-0.1, -0.05) is 26.0 Å². The fraction of sp³-hybridized carbons (Fsp3) is 0.450. The minimum atomic E-state index is -0.484. The molecule has 0 aliphatic heterocycles. The molecular formula is C20H27FN5O2+. The number of fused-ring (bicyclic) bond motifs is 1.